The lowest BCUT2D eigenvalue weighted by molar-refractivity contribution is 0.0697. The van der Waals surface area contributed by atoms with Crippen molar-refractivity contribution in [2.45, 2.75) is 45.1 Å². The zero-order valence-corrected chi connectivity index (χ0v) is 12.2. The number of anilines is 1. The largest absolute Gasteiger partial charge is 0.478 e. The number of fused-ring (bicyclic) bond motifs is 1. The summed E-state index contributed by atoms with van der Waals surface area (Å²) in [6, 6.07) is 5.91. The Kier molecular flexibility index (Phi) is 3.82. The highest BCUT2D eigenvalue weighted by atomic mass is 16.4. The number of nitrogens with zero attached hydrogens (tertiary/aromatic N) is 2. The Balaban J connectivity index is 1.97. The molecule has 2 aromatic rings. The van der Waals surface area contributed by atoms with Crippen LogP contribution < -0.4 is 4.90 Å². The zero-order valence-electron chi connectivity index (χ0n) is 12.2. The van der Waals surface area contributed by atoms with Gasteiger partial charge in [0.2, 0.25) is 0 Å². The predicted molar refractivity (Wildman–Crippen MR) is 80.9 cm³/mol. The van der Waals surface area contributed by atoms with Gasteiger partial charge in [-0.1, -0.05) is 19.8 Å². The van der Waals surface area contributed by atoms with E-state index in [1.807, 2.05) is 0 Å². The van der Waals surface area contributed by atoms with E-state index >= 15 is 0 Å². The molecule has 0 spiro atoms. The standard InChI is InChI=1S/C16H20N2O3/c1-2-12-6-4-3-5-9-18(12)16-17-13-8-7-11(15(19)20)10-14(13)21-16/h7-8,10,12H,2-6,9H2,1H3,(H,19,20). The first-order valence-corrected chi connectivity index (χ1v) is 7.59. The average Bonchev–Trinajstić information content (AvgIpc) is 2.75. The fourth-order valence-corrected chi connectivity index (χ4v) is 3.02. The lowest BCUT2D eigenvalue weighted by atomic mass is 10.1. The van der Waals surface area contributed by atoms with Crippen LogP contribution in [0.1, 0.15) is 49.4 Å². The molecular formula is C16H20N2O3. The van der Waals surface area contributed by atoms with Crippen LogP contribution in [0, 0.1) is 0 Å². The molecule has 1 N–H and O–H groups in total. The summed E-state index contributed by atoms with van der Waals surface area (Å²) in [6.45, 7) is 3.14. The molecule has 0 radical (unpaired) electrons. The van der Waals surface area contributed by atoms with Crippen molar-refractivity contribution in [3.05, 3.63) is 23.8 Å². The van der Waals surface area contributed by atoms with E-state index in [1.165, 1.54) is 12.8 Å². The van der Waals surface area contributed by atoms with Gasteiger partial charge < -0.3 is 14.4 Å². The summed E-state index contributed by atoms with van der Waals surface area (Å²) in [7, 11) is 0. The second kappa shape index (κ2) is 5.76. The zero-order chi connectivity index (χ0) is 14.8. The van der Waals surface area contributed by atoms with E-state index in [9.17, 15) is 4.79 Å². The van der Waals surface area contributed by atoms with E-state index in [-0.39, 0.29) is 5.56 Å². The summed E-state index contributed by atoms with van der Waals surface area (Å²) in [5, 5.41) is 9.04. The highest BCUT2D eigenvalue weighted by molar-refractivity contribution is 5.92. The maximum Gasteiger partial charge on any atom is 0.335 e. The molecule has 1 fully saturated rings. The first-order chi connectivity index (χ1) is 10.2. The Hall–Kier alpha value is -2.04. The molecule has 1 atom stereocenters. The van der Waals surface area contributed by atoms with Gasteiger partial charge in [0.1, 0.15) is 5.52 Å². The predicted octanol–water partition coefficient (Wildman–Crippen LogP) is 3.69. The number of oxazole rings is 1. The summed E-state index contributed by atoms with van der Waals surface area (Å²) >= 11 is 0. The molecule has 1 saturated heterocycles. The molecule has 0 bridgehead atoms. The molecule has 21 heavy (non-hydrogen) atoms. The van der Waals surface area contributed by atoms with Crippen LogP contribution in [-0.2, 0) is 0 Å². The third-order valence-electron chi connectivity index (χ3n) is 4.22. The molecule has 112 valence electrons. The maximum absolute atomic E-state index is 11.0. The molecule has 0 amide bonds. The topological polar surface area (TPSA) is 66.6 Å². The number of carboxylic acid groups (broad SMARTS) is 1. The van der Waals surface area contributed by atoms with Crippen LogP contribution in [-0.4, -0.2) is 28.6 Å². The van der Waals surface area contributed by atoms with E-state index in [4.69, 9.17) is 9.52 Å². The van der Waals surface area contributed by atoms with Gasteiger partial charge in [-0.3, -0.25) is 0 Å². The van der Waals surface area contributed by atoms with Crippen molar-refractivity contribution in [1.82, 2.24) is 4.98 Å². The maximum atomic E-state index is 11.0. The number of hydrogen-bond donors (Lipinski definition) is 1. The minimum atomic E-state index is -0.948. The van der Waals surface area contributed by atoms with Crippen LogP contribution >= 0.6 is 0 Å². The molecule has 1 aromatic heterocycles. The number of rotatable bonds is 3. The third kappa shape index (κ3) is 2.73. The molecule has 3 rings (SSSR count). The number of aromatic carboxylic acids is 1. The van der Waals surface area contributed by atoms with Crippen molar-refractivity contribution in [3.8, 4) is 0 Å². The third-order valence-corrected chi connectivity index (χ3v) is 4.22. The highest BCUT2D eigenvalue weighted by Gasteiger charge is 2.24. The Bertz CT molecular complexity index is 650. The van der Waals surface area contributed by atoms with Crippen LogP contribution in [0.15, 0.2) is 22.6 Å². The average molecular weight is 288 g/mol. The van der Waals surface area contributed by atoms with Crippen molar-refractivity contribution < 1.29 is 14.3 Å². The number of hydrogen-bond acceptors (Lipinski definition) is 4. The van der Waals surface area contributed by atoms with Gasteiger partial charge in [-0.05, 0) is 37.5 Å². The van der Waals surface area contributed by atoms with Gasteiger partial charge in [0.05, 0.1) is 5.56 Å². The van der Waals surface area contributed by atoms with Gasteiger partial charge in [-0.25, -0.2) is 4.79 Å². The first kappa shape index (κ1) is 13.9. The molecular weight excluding hydrogens is 268 g/mol. The molecule has 0 aliphatic carbocycles. The highest BCUT2D eigenvalue weighted by Crippen LogP contribution is 2.28. The summed E-state index contributed by atoms with van der Waals surface area (Å²) in [4.78, 5) is 17.8. The van der Waals surface area contributed by atoms with Gasteiger partial charge in [-0.2, -0.15) is 4.98 Å². The Morgan fingerprint density at radius 2 is 2.29 bits per heavy atom. The monoisotopic (exact) mass is 288 g/mol. The minimum Gasteiger partial charge on any atom is -0.478 e. The van der Waals surface area contributed by atoms with Crippen molar-refractivity contribution in [2.75, 3.05) is 11.4 Å². The molecule has 0 saturated carbocycles. The minimum absolute atomic E-state index is 0.230. The van der Waals surface area contributed by atoms with E-state index in [1.54, 1.807) is 18.2 Å². The SMILES string of the molecule is CCC1CCCCCN1c1nc2ccc(C(=O)O)cc2o1. The van der Waals surface area contributed by atoms with Gasteiger partial charge >= 0.3 is 5.97 Å². The van der Waals surface area contributed by atoms with Crippen LogP contribution in [0.5, 0.6) is 0 Å². The fraction of sp³-hybridized carbons (Fsp3) is 0.500. The Labute approximate surface area is 123 Å². The van der Waals surface area contributed by atoms with Crippen molar-refractivity contribution in [1.29, 1.82) is 0 Å². The van der Waals surface area contributed by atoms with Crippen LogP contribution in [0.4, 0.5) is 6.01 Å². The second-order valence-electron chi connectivity index (χ2n) is 5.59. The summed E-state index contributed by atoms with van der Waals surface area (Å²) in [6.07, 6.45) is 5.87. The molecule has 2 heterocycles. The van der Waals surface area contributed by atoms with Crippen molar-refractivity contribution >= 4 is 23.1 Å². The molecule has 5 heteroatoms. The van der Waals surface area contributed by atoms with Gasteiger partial charge in [0.15, 0.2) is 5.58 Å². The smallest absolute Gasteiger partial charge is 0.335 e. The molecule has 1 unspecified atom stereocenters. The van der Waals surface area contributed by atoms with Crippen molar-refractivity contribution in [3.63, 3.8) is 0 Å². The molecule has 1 aromatic carbocycles. The van der Waals surface area contributed by atoms with Crippen molar-refractivity contribution in [2.24, 2.45) is 0 Å². The normalized spacial score (nSPS) is 19.7. The summed E-state index contributed by atoms with van der Waals surface area (Å²) in [5.74, 6) is -0.948. The van der Waals surface area contributed by atoms with Gasteiger partial charge in [0, 0.05) is 12.6 Å². The van der Waals surface area contributed by atoms with E-state index < -0.39 is 5.97 Å². The van der Waals surface area contributed by atoms with Crippen LogP contribution in [0.3, 0.4) is 0 Å². The van der Waals surface area contributed by atoms with Crippen LogP contribution in [0.2, 0.25) is 0 Å². The number of carbonyl (C=O) groups is 1. The molecule has 1 aliphatic rings. The number of aromatic nitrogens is 1. The molecule has 1 aliphatic heterocycles. The van der Waals surface area contributed by atoms with Gasteiger partial charge in [0.25, 0.3) is 6.01 Å². The lowest BCUT2D eigenvalue weighted by Gasteiger charge is -2.27. The second-order valence-corrected chi connectivity index (χ2v) is 5.59. The number of carboxylic acids is 1. The summed E-state index contributed by atoms with van der Waals surface area (Å²) in [5.41, 5.74) is 1.49. The quantitative estimate of drug-likeness (QED) is 0.933. The lowest BCUT2D eigenvalue weighted by Crippen LogP contribution is -2.34. The summed E-state index contributed by atoms with van der Waals surface area (Å²) < 4.78 is 5.84. The first-order valence-electron chi connectivity index (χ1n) is 7.59. The van der Waals surface area contributed by atoms with Crippen LogP contribution in [0.25, 0.3) is 11.1 Å². The Morgan fingerprint density at radius 3 is 3.05 bits per heavy atom. The van der Waals surface area contributed by atoms with Gasteiger partial charge in [-0.15, -0.1) is 0 Å². The van der Waals surface area contributed by atoms with E-state index in [2.05, 4.69) is 16.8 Å². The van der Waals surface area contributed by atoms with E-state index in [0.717, 1.165) is 25.8 Å². The van der Waals surface area contributed by atoms with E-state index in [0.29, 0.717) is 23.2 Å². The molecule has 5 nitrogen and oxygen atoms in total. The Morgan fingerprint density at radius 1 is 1.43 bits per heavy atom. The number of benzene rings is 1. The fourth-order valence-electron chi connectivity index (χ4n) is 3.02.